The molecule has 0 radical (unpaired) electrons. The van der Waals surface area contributed by atoms with Crippen molar-refractivity contribution in [2.45, 2.75) is 41.8 Å². The molecule has 4 aliphatic rings. The Morgan fingerprint density at radius 1 is 0.521 bits per heavy atom. The van der Waals surface area contributed by atoms with E-state index in [0.29, 0.717) is 21.2 Å². The van der Waals surface area contributed by atoms with Gasteiger partial charge in [0.05, 0.1) is 4.91 Å². The number of nitrogens with zero attached hydrogens (tertiary/aromatic N) is 4. The number of hydrogen-bond donors (Lipinski definition) is 2. The van der Waals surface area contributed by atoms with Gasteiger partial charge in [0.1, 0.15) is 14.9 Å². The van der Waals surface area contributed by atoms with E-state index in [1.165, 1.54) is 34.8 Å². The van der Waals surface area contributed by atoms with Gasteiger partial charge in [0, 0.05) is 74.5 Å². The van der Waals surface area contributed by atoms with Crippen LogP contribution in [0.4, 0.5) is 62.6 Å². The molecular weight excluding hydrogens is 933 g/mol. The van der Waals surface area contributed by atoms with E-state index in [-0.39, 0.29) is 17.2 Å². The van der Waals surface area contributed by atoms with E-state index in [0.717, 1.165) is 81.7 Å². The molecule has 11 heteroatoms. The van der Waals surface area contributed by atoms with Gasteiger partial charge in [-0.25, -0.2) is 0 Å². The highest BCUT2D eigenvalue weighted by atomic mass is 32.2. The quantitative estimate of drug-likeness (QED) is 0.0920. The summed E-state index contributed by atoms with van der Waals surface area (Å²) < 4.78 is 0.453. The number of nitrogens with one attached hydrogen (secondary N) is 2. The zero-order chi connectivity index (χ0) is 47.8. The molecule has 8 aromatic carbocycles. The Labute approximate surface area is 428 Å². The molecule has 8 aromatic rings. The van der Waals surface area contributed by atoms with Gasteiger partial charge in [-0.1, -0.05) is 121 Å². The molecule has 3 heterocycles. The van der Waals surface area contributed by atoms with Gasteiger partial charge in [-0.05, 0) is 164 Å². The number of carbonyl (C=O) groups excluding carboxylic acids is 2. The molecule has 2 N–H and O–H groups in total. The van der Waals surface area contributed by atoms with Crippen LogP contribution in [-0.4, -0.2) is 32.8 Å². The maximum absolute atomic E-state index is 13.2. The van der Waals surface area contributed by atoms with Crippen LogP contribution in [0.1, 0.15) is 36.3 Å². The fourth-order valence-corrected chi connectivity index (χ4v) is 13.1. The zero-order valence-corrected chi connectivity index (χ0v) is 41.0. The molecule has 4 unspecified atom stereocenters. The summed E-state index contributed by atoms with van der Waals surface area (Å²) in [6.07, 6.45) is 5.36. The van der Waals surface area contributed by atoms with Crippen LogP contribution in [-0.2, 0) is 9.59 Å². The van der Waals surface area contributed by atoms with Crippen molar-refractivity contribution in [2.24, 2.45) is 0 Å². The number of thioether (sulfide) groups is 2. The minimum atomic E-state index is -0.443. The Balaban J connectivity index is 0.882. The molecular formula is C60H48N6O2S3. The molecule has 348 valence electrons. The predicted octanol–water partition coefficient (Wildman–Crippen LogP) is 14.9. The number of para-hydroxylation sites is 4. The lowest BCUT2D eigenvalue weighted by Crippen LogP contribution is -2.38. The van der Waals surface area contributed by atoms with Crippen LogP contribution >= 0.6 is 35.7 Å². The lowest BCUT2D eigenvalue weighted by atomic mass is 9.96. The smallest absolute Gasteiger partial charge is 0.258 e. The molecule has 2 saturated heterocycles. The standard InChI is InChI=1S/C60H48N6O2S3/c67-57-55(70-59(61-57)56-58(68)62-60(69)71-56)39-40-24-37-54-52(38-40)51-22-13-23-53(51)66(54)50-35-33-49(34-36-50)65(47-29-25-45(26-30-47)63(41-14-5-1-6-15-41)42-16-7-2-8-17-42)48-31-27-46(28-32-48)64(43-18-9-3-10-19-43)44-20-11-4-12-21-44/h1-12,14-21,24-39,51,53,56,59H,13,22-23H2,(H,61,67)(H,62,68,69)/b55-39-. The van der Waals surface area contributed by atoms with E-state index < -0.39 is 5.25 Å². The van der Waals surface area contributed by atoms with Crippen molar-refractivity contribution < 1.29 is 9.59 Å². The molecule has 71 heavy (non-hydrogen) atoms. The highest BCUT2D eigenvalue weighted by Gasteiger charge is 2.44. The van der Waals surface area contributed by atoms with Crippen LogP contribution in [0.5, 0.6) is 0 Å². The minimum absolute atomic E-state index is 0.155. The van der Waals surface area contributed by atoms with Crippen molar-refractivity contribution >= 4 is 121 Å². The monoisotopic (exact) mass is 980 g/mol. The molecule has 0 bridgehead atoms. The lowest BCUT2D eigenvalue weighted by Gasteiger charge is -2.30. The Hall–Kier alpha value is -7.57. The average Bonchev–Trinajstić information content (AvgIpc) is 4.20. The summed E-state index contributed by atoms with van der Waals surface area (Å²) in [6.45, 7) is 0. The highest BCUT2D eigenvalue weighted by Crippen LogP contribution is 2.53. The molecule has 1 saturated carbocycles. The number of thiocarbonyl (C=S) groups is 1. The summed E-state index contributed by atoms with van der Waals surface area (Å²) in [5, 5.41) is 4.90. The van der Waals surface area contributed by atoms with E-state index in [9.17, 15) is 9.59 Å². The van der Waals surface area contributed by atoms with Crippen molar-refractivity contribution in [1.82, 2.24) is 10.6 Å². The fraction of sp³-hybridized carbons (Fsp3) is 0.117. The second kappa shape index (κ2) is 19.3. The van der Waals surface area contributed by atoms with Gasteiger partial charge < -0.3 is 30.2 Å². The first-order chi connectivity index (χ1) is 34.9. The summed E-state index contributed by atoms with van der Waals surface area (Å²) in [7, 11) is 0. The maximum Gasteiger partial charge on any atom is 0.258 e. The van der Waals surface area contributed by atoms with E-state index in [1.807, 2.05) is 6.08 Å². The van der Waals surface area contributed by atoms with Gasteiger partial charge in [-0.15, -0.1) is 0 Å². The molecule has 4 atom stereocenters. The van der Waals surface area contributed by atoms with Crippen molar-refractivity contribution in [3.05, 3.63) is 228 Å². The second-order valence-corrected chi connectivity index (χ2v) is 21.0. The summed E-state index contributed by atoms with van der Waals surface area (Å²) in [6, 6.07) is 75.7. The van der Waals surface area contributed by atoms with E-state index >= 15 is 0 Å². The minimum Gasteiger partial charge on any atom is -0.338 e. The van der Waals surface area contributed by atoms with Crippen LogP contribution in [0.15, 0.2) is 217 Å². The van der Waals surface area contributed by atoms with Gasteiger partial charge in [0.15, 0.2) is 0 Å². The Kier molecular flexibility index (Phi) is 12.1. The van der Waals surface area contributed by atoms with Gasteiger partial charge in [-0.3, -0.25) is 9.59 Å². The first-order valence-corrected chi connectivity index (χ1v) is 26.1. The average molecular weight is 981 g/mol. The van der Waals surface area contributed by atoms with Gasteiger partial charge in [-0.2, -0.15) is 0 Å². The van der Waals surface area contributed by atoms with Crippen LogP contribution in [0.25, 0.3) is 6.08 Å². The largest absolute Gasteiger partial charge is 0.338 e. The van der Waals surface area contributed by atoms with Crippen LogP contribution in [0.3, 0.4) is 0 Å². The number of anilines is 11. The summed E-state index contributed by atoms with van der Waals surface area (Å²) >= 11 is 7.93. The SMILES string of the molecule is O=C1NC(C2SC(=S)NC2=O)S/C1=C\c1ccc2c(c1)C1CCCC1N2c1ccc(N(c2ccc(N(c3ccccc3)c3ccccc3)cc2)c2ccc(N(c3ccccc3)c3ccccc3)cc2)cc1. The summed E-state index contributed by atoms with van der Waals surface area (Å²) in [5.74, 6) is 0.0830. The van der Waals surface area contributed by atoms with Crippen LogP contribution in [0.2, 0.25) is 0 Å². The normalized spacial score (nSPS) is 19.6. The Morgan fingerprint density at radius 2 is 0.958 bits per heavy atom. The van der Waals surface area contributed by atoms with Crippen molar-refractivity contribution in [3.63, 3.8) is 0 Å². The number of amides is 2. The van der Waals surface area contributed by atoms with Gasteiger partial charge >= 0.3 is 0 Å². The number of carbonyl (C=O) groups is 2. The molecule has 12 rings (SSSR count). The van der Waals surface area contributed by atoms with Crippen LogP contribution in [0, 0.1) is 0 Å². The van der Waals surface area contributed by atoms with Crippen molar-refractivity contribution in [2.75, 3.05) is 19.6 Å². The molecule has 8 nitrogen and oxygen atoms in total. The van der Waals surface area contributed by atoms with E-state index in [4.69, 9.17) is 12.2 Å². The molecule has 3 aliphatic heterocycles. The topological polar surface area (TPSA) is 71.2 Å². The maximum atomic E-state index is 13.2. The van der Waals surface area contributed by atoms with Crippen molar-refractivity contribution in [1.29, 1.82) is 0 Å². The molecule has 2 amide bonds. The Bertz CT molecular complexity index is 3060. The third kappa shape index (κ3) is 8.75. The lowest BCUT2D eigenvalue weighted by molar-refractivity contribution is -0.119. The highest BCUT2D eigenvalue weighted by molar-refractivity contribution is 8.25. The number of hydrogen-bond acceptors (Lipinski definition) is 9. The van der Waals surface area contributed by atoms with E-state index in [2.05, 4.69) is 243 Å². The fourth-order valence-electron chi connectivity index (χ4n) is 10.6. The van der Waals surface area contributed by atoms with Crippen LogP contribution < -0.4 is 30.2 Å². The predicted molar refractivity (Wildman–Crippen MR) is 299 cm³/mol. The second-order valence-electron chi connectivity index (χ2n) is 18.0. The third-order valence-corrected chi connectivity index (χ3v) is 16.6. The number of rotatable bonds is 12. The summed E-state index contributed by atoms with van der Waals surface area (Å²) in [4.78, 5) is 35.7. The molecule has 0 spiro atoms. The van der Waals surface area contributed by atoms with Gasteiger partial charge in [0.25, 0.3) is 5.91 Å². The Morgan fingerprint density at radius 3 is 1.39 bits per heavy atom. The first kappa shape index (κ1) is 44.6. The van der Waals surface area contributed by atoms with Crippen molar-refractivity contribution in [3.8, 4) is 0 Å². The number of benzene rings is 8. The van der Waals surface area contributed by atoms with E-state index in [1.54, 1.807) is 0 Å². The van der Waals surface area contributed by atoms with Gasteiger partial charge in [0.2, 0.25) is 5.91 Å². The molecule has 1 aliphatic carbocycles. The number of fused-ring (bicyclic) bond motifs is 3. The molecule has 0 aromatic heterocycles. The molecule has 3 fully saturated rings. The third-order valence-electron chi connectivity index (χ3n) is 13.7. The first-order valence-electron chi connectivity index (χ1n) is 24.0. The summed E-state index contributed by atoms with van der Waals surface area (Å²) in [5.41, 5.74) is 14.3. The zero-order valence-electron chi connectivity index (χ0n) is 38.5.